The van der Waals surface area contributed by atoms with E-state index < -0.39 is 0 Å². The first-order valence-corrected chi connectivity index (χ1v) is 7.62. The standard InChI is InChI=1S/C17H28N2O/c1-6-11-18-15-10-9-13(4)12-14(15)16(20)19-17(5,7-2)8-3/h9-10,12,18H,6-8,11H2,1-5H3,(H,19,20). The molecule has 0 aliphatic carbocycles. The zero-order chi connectivity index (χ0) is 15.2. The quantitative estimate of drug-likeness (QED) is 0.786. The second-order valence-electron chi connectivity index (χ2n) is 5.70. The molecule has 3 nitrogen and oxygen atoms in total. The number of hydrogen-bond donors (Lipinski definition) is 2. The van der Waals surface area contributed by atoms with E-state index in [2.05, 4.69) is 38.3 Å². The molecule has 1 aromatic carbocycles. The molecule has 0 saturated heterocycles. The van der Waals surface area contributed by atoms with Gasteiger partial charge < -0.3 is 10.6 Å². The molecular weight excluding hydrogens is 248 g/mol. The molecule has 112 valence electrons. The molecule has 0 spiro atoms. The fourth-order valence-electron chi connectivity index (χ4n) is 2.03. The smallest absolute Gasteiger partial charge is 0.253 e. The van der Waals surface area contributed by atoms with Crippen molar-refractivity contribution >= 4 is 11.6 Å². The number of hydrogen-bond acceptors (Lipinski definition) is 2. The minimum absolute atomic E-state index is 0.0125. The Hall–Kier alpha value is -1.51. The molecule has 1 rings (SSSR count). The Labute approximate surface area is 123 Å². The van der Waals surface area contributed by atoms with Gasteiger partial charge in [-0.3, -0.25) is 4.79 Å². The Kier molecular flexibility index (Phi) is 6.05. The molecule has 3 heteroatoms. The van der Waals surface area contributed by atoms with E-state index in [1.807, 2.05) is 25.1 Å². The lowest BCUT2D eigenvalue weighted by Crippen LogP contribution is -2.45. The minimum Gasteiger partial charge on any atom is -0.384 e. The Morgan fingerprint density at radius 1 is 1.20 bits per heavy atom. The molecular formula is C17H28N2O. The minimum atomic E-state index is -0.136. The van der Waals surface area contributed by atoms with E-state index in [-0.39, 0.29) is 11.4 Å². The number of anilines is 1. The Morgan fingerprint density at radius 3 is 2.40 bits per heavy atom. The molecule has 1 amide bonds. The van der Waals surface area contributed by atoms with Crippen LogP contribution in [0.15, 0.2) is 18.2 Å². The average molecular weight is 276 g/mol. The van der Waals surface area contributed by atoms with Crippen LogP contribution >= 0.6 is 0 Å². The lowest BCUT2D eigenvalue weighted by molar-refractivity contribution is 0.0902. The summed E-state index contributed by atoms with van der Waals surface area (Å²) in [5, 5.41) is 6.51. The summed E-state index contributed by atoms with van der Waals surface area (Å²) in [5.74, 6) is 0.0125. The van der Waals surface area contributed by atoms with E-state index in [1.165, 1.54) is 0 Å². The third kappa shape index (κ3) is 4.26. The monoisotopic (exact) mass is 276 g/mol. The van der Waals surface area contributed by atoms with Crippen LogP contribution in [0.25, 0.3) is 0 Å². The van der Waals surface area contributed by atoms with Crippen molar-refractivity contribution in [3.63, 3.8) is 0 Å². The normalized spacial score (nSPS) is 11.2. The van der Waals surface area contributed by atoms with Gasteiger partial charge in [0.25, 0.3) is 5.91 Å². The van der Waals surface area contributed by atoms with E-state index >= 15 is 0 Å². The molecule has 0 saturated carbocycles. The van der Waals surface area contributed by atoms with Gasteiger partial charge in [0.1, 0.15) is 0 Å². The molecule has 0 bridgehead atoms. The summed E-state index contributed by atoms with van der Waals surface area (Å²) < 4.78 is 0. The fraction of sp³-hybridized carbons (Fsp3) is 0.588. The molecule has 2 N–H and O–H groups in total. The first kappa shape index (κ1) is 16.5. The highest BCUT2D eigenvalue weighted by atomic mass is 16.1. The third-order valence-corrected chi connectivity index (χ3v) is 3.96. The van der Waals surface area contributed by atoms with Crippen LogP contribution in [0, 0.1) is 6.92 Å². The number of benzene rings is 1. The van der Waals surface area contributed by atoms with Gasteiger partial charge in [0.15, 0.2) is 0 Å². The SMILES string of the molecule is CCCNc1ccc(C)cc1C(=O)NC(C)(CC)CC. The maximum atomic E-state index is 12.6. The van der Waals surface area contributed by atoms with Crippen molar-refractivity contribution in [2.75, 3.05) is 11.9 Å². The third-order valence-electron chi connectivity index (χ3n) is 3.96. The summed E-state index contributed by atoms with van der Waals surface area (Å²) in [6.45, 7) is 11.3. The van der Waals surface area contributed by atoms with E-state index in [1.54, 1.807) is 0 Å². The Morgan fingerprint density at radius 2 is 1.85 bits per heavy atom. The van der Waals surface area contributed by atoms with Crippen LogP contribution in [0.3, 0.4) is 0 Å². The summed E-state index contributed by atoms with van der Waals surface area (Å²) in [6.07, 6.45) is 2.90. The van der Waals surface area contributed by atoms with E-state index in [0.29, 0.717) is 0 Å². The van der Waals surface area contributed by atoms with Crippen molar-refractivity contribution in [2.24, 2.45) is 0 Å². The summed E-state index contributed by atoms with van der Waals surface area (Å²) >= 11 is 0. The second kappa shape index (κ2) is 7.32. The highest BCUT2D eigenvalue weighted by Gasteiger charge is 2.23. The van der Waals surface area contributed by atoms with E-state index in [9.17, 15) is 4.79 Å². The topological polar surface area (TPSA) is 41.1 Å². The molecule has 0 aliphatic heterocycles. The van der Waals surface area contributed by atoms with Crippen molar-refractivity contribution < 1.29 is 4.79 Å². The highest BCUT2D eigenvalue weighted by Crippen LogP contribution is 2.20. The second-order valence-corrected chi connectivity index (χ2v) is 5.70. The predicted octanol–water partition coefficient (Wildman–Crippen LogP) is 4.13. The highest BCUT2D eigenvalue weighted by molar-refractivity contribution is 6.00. The van der Waals surface area contributed by atoms with Gasteiger partial charge in [-0.15, -0.1) is 0 Å². The van der Waals surface area contributed by atoms with Gasteiger partial charge in [-0.05, 0) is 45.2 Å². The molecule has 1 aromatic rings. The van der Waals surface area contributed by atoms with Gasteiger partial charge in [0, 0.05) is 17.8 Å². The number of aryl methyl sites for hydroxylation is 1. The molecule has 0 aromatic heterocycles. The zero-order valence-corrected chi connectivity index (χ0v) is 13.5. The van der Waals surface area contributed by atoms with Crippen LogP contribution in [-0.2, 0) is 0 Å². The van der Waals surface area contributed by atoms with Crippen molar-refractivity contribution in [1.82, 2.24) is 5.32 Å². The lowest BCUT2D eigenvalue weighted by Gasteiger charge is -2.28. The van der Waals surface area contributed by atoms with Crippen molar-refractivity contribution in [3.8, 4) is 0 Å². The van der Waals surface area contributed by atoms with Crippen LogP contribution in [0.1, 0.15) is 62.9 Å². The number of amides is 1. The van der Waals surface area contributed by atoms with Gasteiger partial charge in [0.2, 0.25) is 0 Å². The number of rotatable bonds is 7. The van der Waals surface area contributed by atoms with Crippen LogP contribution in [0.4, 0.5) is 5.69 Å². The van der Waals surface area contributed by atoms with Crippen molar-refractivity contribution in [2.45, 2.75) is 59.4 Å². The number of carbonyl (C=O) groups excluding carboxylic acids is 1. The van der Waals surface area contributed by atoms with Gasteiger partial charge in [-0.1, -0.05) is 32.4 Å². The van der Waals surface area contributed by atoms with Gasteiger partial charge in [0.05, 0.1) is 5.56 Å². The molecule has 0 unspecified atom stereocenters. The first-order chi connectivity index (χ1) is 9.45. The molecule has 20 heavy (non-hydrogen) atoms. The van der Waals surface area contributed by atoms with Crippen molar-refractivity contribution in [1.29, 1.82) is 0 Å². The average Bonchev–Trinajstić information content (AvgIpc) is 2.45. The molecule has 0 atom stereocenters. The molecule has 0 fully saturated rings. The van der Waals surface area contributed by atoms with Gasteiger partial charge in [-0.2, -0.15) is 0 Å². The predicted molar refractivity (Wildman–Crippen MR) is 86.4 cm³/mol. The van der Waals surface area contributed by atoms with Crippen LogP contribution in [0.2, 0.25) is 0 Å². The number of nitrogens with one attached hydrogen (secondary N) is 2. The molecule has 0 aliphatic rings. The maximum Gasteiger partial charge on any atom is 0.253 e. The fourth-order valence-corrected chi connectivity index (χ4v) is 2.03. The van der Waals surface area contributed by atoms with Crippen LogP contribution in [-0.4, -0.2) is 18.0 Å². The van der Waals surface area contributed by atoms with Crippen LogP contribution in [0.5, 0.6) is 0 Å². The van der Waals surface area contributed by atoms with Crippen molar-refractivity contribution in [3.05, 3.63) is 29.3 Å². The summed E-state index contributed by atoms with van der Waals surface area (Å²) in [5.41, 5.74) is 2.63. The largest absolute Gasteiger partial charge is 0.384 e. The zero-order valence-electron chi connectivity index (χ0n) is 13.5. The lowest BCUT2D eigenvalue weighted by atomic mass is 9.94. The van der Waals surface area contributed by atoms with E-state index in [4.69, 9.17) is 0 Å². The molecule has 0 heterocycles. The van der Waals surface area contributed by atoms with Gasteiger partial charge in [-0.25, -0.2) is 0 Å². The number of carbonyl (C=O) groups is 1. The first-order valence-electron chi connectivity index (χ1n) is 7.62. The van der Waals surface area contributed by atoms with Gasteiger partial charge >= 0.3 is 0 Å². The summed E-state index contributed by atoms with van der Waals surface area (Å²) in [4.78, 5) is 12.6. The Bertz CT molecular complexity index is 450. The summed E-state index contributed by atoms with van der Waals surface area (Å²) in [7, 11) is 0. The maximum absolute atomic E-state index is 12.6. The van der Waals surface area contributed by atoms with E-state index in [0.717, 1.165) is 42.6 Å². The van der Waals surface area contributed by atoms with Crippen LogP contribution < -0.4 is 10.6 Å². The Balaban J connectivity index is 2.98. The summed E-state index contributed by atoms with van der Waals surface area (Å²) in [6, 6.07) is 5.99. The molecule has 0 radical (unpaired) electrons.